The zero-order valence-corrected chi connectivity index (χ0v) is 14.3. The van der Waals surface area contributed by atoms with Gasteiger partial charge in [0.2, 0.25) is 0 Å². The van der Waals surface area contributed by atoms with Gasteiger partial charge < -0.3 is 5.21 Å². The fourth-order valence-corrected chi connectivity index (χ4v) is 2.88. The molecule has 0 aliphatic rings. The summed E-state index contributed by atoms with van der Waals surface area (Å²) in [6.45, 7) is 0. The molecule has 0 aromatic heterocycles. The Balaban J connectivity index is 2.75. The lowest BCUT2D eigenvalue weighted by atomic mass is 10.1. The lowest BCUT2D eigenvalue weighted by Gasteiger charge is -2.08. The molecule has 11 heteroatoms. The molecule has 1 aromatic rings. The smallest absolute Gasteiger partial charge is 0.253 e. The molecule has 3 N–H and O–H groups in total. The standard InChI is InChI=1S/C11H12ClN3O4S3/c12-8-3-1-7(2-4-8)9(15-17)5-22(18,19)6-10(16)13-14-11(20)21/h1-4,17H,5-6H2,(H,13,16)(H2,14,20,21)/b15-9-. The van der Waals surface area contributed by atoms with E-state index in [0.29, 0.717) is 10.6 Å². The zero-order chi connectivity index (χ0) is 16.8. The average molecular weight is 382 g/mol. The van der Waals surface area contributed by atoms with Crippen molar-refractivity contribution in [1.82, 2.24) is 10.9 Å². The number of carbonyl (C=O) groups is 1. The lowest BCUT2D eigenvalue weighted by Crippen LogP contribution is -2.42. The number of carbonyl (C=O) groups excluding carboxylic acids is 1. The summed E-state index contributed by atoms with van der Waals surface area (Å²) in [7, 11) is -3.84. The van der Waals surface area contributed by atoms with Gasteiger partial charge in [-0.3, -0.25) is 15.6 Å². The highest BCUT2D eigenvalue weighted by atomic mass is 35.5. The number of benzene rings is 1. The van der Waals surface area contributed by atoms with Crippen LogP contribution in [0.4, 0.5) is 0 Å². The number of amides is 1. The molecule has 22 heavy (non-hydrogen) atoms. The van der Waals surface area contributed by atoms with E-state index in [1.165, 1.54) is 24.3 Å². The van der Waals surface area contributed by atoms with Crippen LogP contribution in [0.3, 0.4) is 0 Å². The molecular weight excluding hydrogens is 370 g/mol. The summed E-state index contributed by atoms with van der Waals surface area (Å²) in [5.74, 6) is -2.22. The summed E-state index contributed by atoms with van der Waals surface area (Å²) in [5, 5.41) is 12.4. The van der Waals surface area contributed by atoms with E-state index >= 15 is 0 Å². The van der Waals surface area contributed by atoms with Crippen LogP contribution in [-0.4, -0.2) is 41.1 Å². The first-order chi connectivity index (χ1) is 10.2. The van der Waals surface area contributed by atoms with Gasteiger partial charge in [0.05, 0.1) is 5.75 Å². The second-order valence-corrected chi connectivity index (χ2v) is 7.72. The number of nitrogens with one attached hydrogen (secondary N) is 2. The number of halogens is 1. The Morgan fingerprint density at radius 3 is 2.36 bits per heavy atom. The van der Waals surface area contributed by atoms with Crippen LogP contribution in [0.25, 0.3) is 0 Å². The molecule has 0 unspecified atom stereocenters. The van der Waals surface area contributed by atoms with Crippen molar-refractivity contribution in [3.63, 3.8) is 0 Å². The number of hydrogen-bond acceptors (Lipinski definition) is 6. The fourth-order valence-electron chi connectivity index (χ4n) is 1.43. The molecule has 0 aliphatic carbocycles. The van der Waals surface area contributed by atoms with E-state index in [1.54, 1.807) is 0 Å². The molecule has 0 saturated heterocycles. The van der Waals surface area contributed by atoms with E-state index in [4.69, 9.17) is 16.8 Å². The van der Waals surface area contributed by atoms with Crippen LogP contribution in [0.5, 0.6) is 0 Å². The van der Waals surface area contributed by atoms with Crippen LogP contribution in [0, 0.1) is 0 Å². The first kappa shape index (κ1) is 18.7. The Bertz CT molecular complexity index is 689. The van der Waals surface area contributed by atoms with Crippen molar-refractivity contribution < 1.29 is 18.4 Å². The summed E-state index contributed by atoms with van der Waals surface area (Å²) in [5.41, 5.74) is 4.57. The summed E-state index contributed by atoms with van der Waals surface area (Å²) < 4.78 is 23.9. The van der Waals surface area contributed by atoms with Crippen LogP contribution < -0.4 is 10.9 Å². The number of rotatable bonds is 5. The van der Waals surface area contributed by atoms with Crippen LogP contribution in [0.2, 0.25) is 5.02 Å². The summed E-state index contributed by atoms with van der Waals surface area (Å²) >= 11 is 14.0. The number of hydrogen-bond donors (Lipinski definition) is 4. The molecule has 7 nitrogen and oxygen atoms in total. The number of sulfone groups is 1. The molecule has 1 amide bonds. The highest BCUT2D eigenvalue weighted by Crippen LogP contribution is 2.11. The minimum atomic E-state index is -3.84. The van der Waals surface area contributed by atoms with Gasteiger partial charge in [0.25, 0.3) is 5.91 Å². The minimum Gasteiger partial charge on any atom is -0.411 e. The second kappa shape index (κ2) is 8.32. The first-order valence-corrected chi connectivity index (χ1v) is 8.74. The number of oxime groups is 1. The Morgan fingerprint density at radius 2 is 1.86 bits per heavy atom. The van der Waals surface area contributed by atoms with E-state index in [-0.39, 0.29) is 10.0 Å². The van der Waals surface area contributed by atoms with E-state index in [1.807, 2.05) is 0 Å². The maximum atomic E-state index is 11.9. The Morgan fingerprint density at radius 1 is 1.27 bits per heavy atom. The molecular formula is C11H12ClN3O4S3. The van der Waals surface area contributed by atoms with Gasteiger partial charge in [0.1, 0.15) is 15.8 Å². The molecule has 1 rings (SSSR count). The third-order valence-corrected chi connectivity index (χ3v) is 4.20. The van der Waals surface area contributed by atoms with Gasteiger partial charge in [-0.05, 0) is 12.1 Å². The van der Waals surface area contributed by atoms with Crippen molar-refractivity contribution in [3.8, 4) is 0 Å². The van der Waals surface area contributed by atoms with E-state index in [2.05, 4.69) is 40.9 Å². The first-order valence-electron chi connectivity index (χ1n) is 5.68. The predicted molar refractivity (Wildman–Crippen MR) is 91.3 cm³/mol. The van der Waals surface area contributed by atoms with Crippen molar-refractivity contribution in [3.05, 3.63) is 34.9 Å². The summed E-state index contributed by atoms with van der Waals surface area (Å²) in [6, 6.07) is 6.07. The fraction of sp³-hybridized carbons (Fsp3) is 0.182. The molecule has 0 radical (unpaired) electrons. The summed E-state index contributed by atoms with van der Waals surface area (Å²) in [4.78, 5) is 11.4. The predicted octanol–water partition coefficient (Wildman–Crippen LogP) is 0.769. The Kier molecular flexibility index (Phi) is 7.07. The maximum Gasteiger partial charge on any atom is 0.253 e. The average Bonchev–Trinajstić information content (AvgIpc) is 2.43. The lowest BCUT2D eigenvalue weighted by molar-refractivity contribution is -0.119. The van der Waals surface area contributed by atoms with Gasteiger partial charge in [-0.25, -0.2) is 8.42 Å². The quantitative estimate of drug-likeness (QED) is 0.197. The number of thiocarbonyl (C=S) groups is 1. The normalized spacial score (nSPS) is 11.8. The van der Waals surface area contributed by atoms with Gasteiger partial charge in [-0.1, -0.05) is 41.1 Å². The Hall–Kier alpha value is -1.36. The topological polar surface area (TPSA) is 108 Å². The SMILES string of the molecule is O=C(CS(=O)(=O)C/C(=N/O)c1ccc(Cl)cc1)NNC(=S)S. The monoisotopic (exact) mass is 381 g/mol. The maximum absolute atomic E-state index is 11.9. The molecule has 1 aromatic carbocycles. The van der Waals surface area contributed by atoms with Crippen molar-refractivity contribution in [2.24, 2.45) is 5.16 Å². The van der Waals surface area contributed by atoms with E-state index in [9.17, 15) is 13.2 Å². The van der Waals surface area contributed by atoms with Gasteiger partial charge in [-0.2, -0.15) is 0 Å². The van der Waals surface area contributed by atoms with Crippen molar-refractivity contribution >= 4 is 62.2 Å². The van der Waals surface area contributed by atoms with Crippen molar-refractivity contribution in [2.45, 2.75) is 0 Å². The van der Waals surface area contributed by atoms with E-state index in [0.717, 1.165) is 0 Å². The number of thiol groups is 1. The zero-order valence-electron chi connectivity index (χ0n) is 11.0. The molecule has 0 spiro atoms. The highest BCUT2D eigenvalue weighted by molar-refractivity contribution is 8.11. The molecule has 0 bridgehead atoms. The summed E-state index contributed by atoms with van der Waals surface area (Å²) in [6.07, 6.45) is 0. The number of hydrazine groups is 1. The molecule has 0 heterocycles. The van der Waals surface area contributed by atoms with Crippen LogP contribution >= 0.6 is 36.4 Å². The van der Waals surface area contributed by atoms with Gasteiger partial charge in [-0.15, -0.1) is 12.6 Å². The largest absolute Gasteiger partial charge is 0.411 e. The third kappa shape index (κ3) is 6.60. The van der Waals surface area contributed by atoms with Crippen molar-refractivity contribution in [2.75, 3.05) is 11.5 Å². The molecule has 0 atom stereocenters. The van der Waals surface area contributed by atoms with Gasteiger partial charge in [0.15, 0.2) is 9.84 Å². The second-order valence-electron chi connectivity index (χ2n) is 4.06. The van der Waals surface area contributed by atoms with Gasteiger partial charge >= 0.3 is 0 Å². The van der Waals surface area contributed by atoms with Crippen LogP contribution in [0.1, 0.15) is 5.56 Å². The molecule has 0 aliphatic heterocycles. The third-order valence-electron chi connectivity index (χ3n) is 2.31. The van der Waals surface area contributed by atoms with E-state index < -0.39 is 27.3 Å². The molecule has 120 valence electrons. The van der Waals surface area contributed by atoms with Gasteiger partial charge in [0, 0.05) is 10.6 Å². The van der Waals surface area contributed by atoms with Crippen LogP contribution in [-0.2, 0) is 14.6 Å². The Labute approximate surface area is 143 Å². The molecule has 0 fully saturated rings. The number of nitrogens with zero attached hydrogens (tertiary/aromatic N) is 1. The highest BCUT2D eigenvalue weighted by Gasteiger charge is 2.21. The molecule has 0 saturated carbocycles. The minimum absolute atomic E-state index is 0.00970. The van der Waals surface area contributed by atoms with Crippen molar-refractivity contribution in [1.29, 1.82) is 0 Å². The van der Waals surface area contributed by atoms with Crippen LogP contribution in [0.15, 0.2) is 29.4 Å².